The van der Waals surface area contributed by atoms with Crippen LogP contribution in [-0.2, 0) is 19.5 Å². The summed E-state index contributed by atoms with van der Waals surface area (Å²) in [5, 5.41) is 0. The molecule has 0 amide bonds. The van der Waals surface area contributed by atoms with Crippen molar-refractivity contribution in [2.45, 2.75) is 24.3 Å². The highest BCUT2D eigenvalue weighted by molar-refractivity contribution is 7.89. The van der Waals surface area contributed by atoms with E-state index >= 15 is 0 Å². The van der Waals surface area contributed by atoms with E-state index in [1.54, 1.807) is 6.92 Å². The van der Waals surface area contributed by atoms with Crippen LogP contribution in [0.2, 0.25) is 0 Å². The van der Waals surface area contributed by atoms with Crippen molar-refractivity contribution in [3.63, 3.8) is 0 Å². The molecule has 0 aliphatic rings. The van der Waals surface area contributed by atoms with Crippen LogP contribution in [0.5, 0.6) is 0 Å². The van der Waals surface area contributed by atoms with Crippen LogP contribution in [0.3, 0.4) is 0 Å². The molecule has 8 nitrogen and oxygen atoms in total. The van der Waals surface area contributed by atoms with Crippen LogP contribution in [0.1, 0.15) is 34.1 Å². The summed E-state index contributed by atoms with van der Waals surface area (Å²) >= 11 is 0. The van der Waals surface area contributed by atoms with Crippen molar-refractivity contribution in [2.75, 3.05) is 20.8 Å². The number of hydrogen-bond donors (Lipinski definition) is 2. The van der Waals surface area contributed by atoms with Crippen LogP contribution in [0.25, 0.3) is 0 Å². The van der Waals surface area contributed by atoms with Crippen LogP contribution in [0, 0.1) is 0 Å². The Labute approximate surface area is 147 Å². The van der Waals surface area contributed by atoms with Crippen LogP contribution in [-0.4, -0.2) is 47.2 Å². The minimum Gasteiger partial charge on any atom is -0.465 e. The molecular weight excluding hydrogens is 360 g/mol. The van der Waals surface area contributed by atoms with Crippen molar-refractivity contribution in [2.24, 2.45) is 5.73 Å². The summed E-state index contributed by atoms with van der Waals surface area (Å²) in [7, 11) is -1.60. The van der Waals surface area contributed by atoms with Crippen molar-refractivity contribution < 1.29 is 27.5 Å². The quantitative estimate of drug-likeness (QED) is 0.667. The van der Waals surface area contributed by atoms with Crippen molar-refractivity contribution >= 4 is 34.4 Å². The summed E-state index contributed by atoms with van der Waals surface area (Å²) in [5.74, 6) is -1.52. The predicted octanol–water partition coefficient (Wildman–Crippen LogP) is 0.697. The van der Waals surface area contributed by atoms with E-state index in [-0.39, 0.29) is 41.0 Å². The minimum absolute atomic E-state index is 0. The van der Waals surface area contributed by atoms with E-state index in [1.807, 2.05) is 0 Å². The van der Waals surface area contributed by atoms with Gasteiger partial charge in [0.15, 0.2) is 0 Å². The van der Waals surface area contributed by atoms with Gasteiger partial charge in [-0.3, -0.25) is 0 Å². The first-order valence-electron chi connectivity index (χ1n) is 6.78. The molecule has 3 N–H and O–H groups in total. The summed E-state index contributed by atoms with van der Waals surface area (Å²) in [6, 6.07) is 3.31. The van der Waals surface area contributed by atoms with Crippen LogP contribution in [0.15, 0.2) is 23.1 Å². The minimum atomic E-state index is -3.91. The number of ether oxygens (including phenoxy) is 2. The number of nitrogens with two attached hydrogens (primary N) is 1. The topological polar surface area (TPSA) is 125 Å². The fourth-order valence-electron chi connectivity index (χ4n) is 1.73. The number of carbonyl (C=O) groups excluding carboxylic acids is 2. The molecule has 0 bridgehead atoms. The molecule has 0 fully saturated rings. The number of methoxy groups -OCH3 is 2. The first-order chi connectivity index (χ1) is 10.7. The molecular formula is C14H21ClN2O6S. The average Bonchev–Trinajstić information content (AvgIpc) is 2.52. The van der Waals surface area contributed by atoms with E-state index < -0.39 is 22.0 Å². The van der Waals surface area contributed by atoms with E-state index in [4.69, 9.17) is 5.73 Å². The zero-order valence-corrected chi connectivity index (χ0v) is 15.2. The number of sulfonamides is 1. The lowest BCUT2D eigenvalue weighted by Crippen LogP contribution is -2.29. The standard InChI is InChI=1S/C14H20N2O6S.ClH/c1-9(15)4-5-16-23(19,20)12-7-10(13(17)21-2)6-11(8-12)14(18)22-3;/h6-9,16H,4-5,15H2,1-3H3;1H. The smallest absolute Gasteiger partial charge is 0.337 e. The summed E-state index contributed by atoms with van der Waals surface area (Å²) in [6.45, 7) is 1.89. The Morgan fingerprint density at radius 1 is 1.12 bits per heavy atom. The van der Waals surface area contributed by atoms with Crippen LogP contribution < -0.4 is 10.5 Å². The van der Waals surface area contributed by atoms with E-state index in [0.29, 0.717) is 6.42 Å². The molecule has 0 saturated carbocycles. The SMILES string of the molecule is COC(=O)c1cc(C(=O)OC)cc(S(=O)(=O)NCCC(C)N)c1.Cl. The number of nitrogens with one attached hydrogen (secondary N) is 1. The van der Waals surface area contributed by atoms with E-state index in [9.17, 15) is 18.0 Å². The molecule has 10 heteroatoms. The molecule has 136 valence electrons. The highest BCUT2D eigenvalue weighted by Gasteiger charge is 2.20. The lowest BCUT2D eigenvalue weighted by molar-refractivity contribution is 0.0598. The van der Waals surface area contributed by atoms with Crippen molar-refractivity contribution in [3.8, 4) is 0 Å². The maximum atomic E-state index is 12.3. The third-order valence-corrected chi connectivity index (χ3v) is 4.39. The van der Waals surface area contributed by atoms with Gasteiger partial charge in [-0.15, -0.1) is 12.4 Å². The number of halogens is 1. The predicted molar refractivity (Wildman–Crippen MR) is 89.8 cm³/mol. The van der Waals surface area contributed by atoms with Gasteiger partial charge in [0.05, 0.1) is 30.2 Å². The third kappa shape index (κ3) is 6.08. The van der Waals surface area contributed by atoms with Crippen molar-refractivity contribution in [3.05, 3.63) is 29.3 Å². The number of hydrogen-bond acceptors (Lipinski definition) is 7. The summed E-state index contributed by atoms with van der Waals surface area (Å²) < 4.78 is 36.1. The monoisotopic (exact) mass is 380 g/mol. The lowest BCUT2D eigenvalue weighted by Gasteiger charge is -2.11. The van der Waals surface area contributed by atoms with E-state index in [1.165, 1.54) is 6.07 Å². The molecule has 0 aromatic heterocycles. The second kappa shape index (κ2) is 9.58. The molecule has 1 unspecified atom stereocenters. The Morgan fingerprint density at radius 3 is 1.96 bits per heavy atom. The van der Waals surface area contributed by atoms with Gasteiger partial charge in [0, 0.05) is 12.6 Å². The van der Waals surface area contributed by atoms with Gasteiger partial charge in [0.2, 0.25) is 10.0 Å². The fraction of sp³-hybridized carbons (Fsp3) is 0.429. The summed E-state index contributed by atoms with van der Waals surface area (Å²) in [5.41, 5.74) is 5.43. The summed E-state index contributed by atoms with van der Waals surface area (Å²) in [6.07, 6.45) is 0.444. The Hall–Kier alpha value is -1.68. The van der Waals surface area contributed by atoms with E-state index in [2.05, 4.69) is 14.2 Å². The molecule has 1 aromatic rings. The van der Waals surface area contributed by atoms with Crippen LogP contribution >= 0.6 is 12.4 Å². The Morgan fingerprint density at radius 2 is 1.58 bits per heavy atom. The maximum absolute atomic E-state index is 12.3. The number of esters is 2. The molecule has 0 aliphatic carbocycles. The van der Waals surface area contributed by atoms with Crippen molar-refractivity contribution in [1.82, 2.24) is 4.72 Å². The largest absolute Gasteiger partial charge is 0.465 e. The van der Waals surface area contributed by atoms with Crippen molar-refractivity contribution in [1.29, 1.82) is 0 Å². The Kier molecular flexibility index (Phi) is 8.91. The molecule has 0 saturated heterocycles. The van der Waals surface area contributed by atoms with Gasteiger partial charge in [-0.2, -0.15) is 0 Å². The molecule has 1 atom stereocenters. The number of rotatable bonds is 7. The zero-order valence-electron chi connectivity index (χ0n) is 13.6. The Bertz CT molecular complexity index is 656. The molecule has 0 heterocycles. The molecule has 0 radical (unpaired) electrons. The number of benzene rings is 1. The lowest BCUT2D eigenvalue weighted by atomic mass is 10.1. The highest BCUT2D eigenvalue weighted by Crippen LogP contribution is 2.17. The number of carbonyl (C=O) groups is 2. The van der Waals surface area contributed by atoms with Gasteiger partial charge in [0.1, 0.15) is 0 Å². The van der Waals surface area contributed by atoms with Gasteiger partial charge in [-0.25, -0.2) is 22.7 Å². The molecule has 24 heavy (non-hydrogen) atoms. The zero-order chi connectivity index (χ0) is 17.6. The van der Waals surface area contributed by atoms with Crippen LogP contribution in [0.4, 0.5) is 0 Å². The average molecular weight is 381 g/mol. The molecule has 1 rings (SSSR count). The maximum Gasteiger partial charge on any atom is 0.337 e. The highest BCUT2D eigenvalue weighted by atomic mass is 35.5. The van der Waals surface area contributed by atoms with Gasteiger partial charge in [-0.05, 0) is 31.5 Å². The van der Waals surface area contributed by atoms with Gasteiger partial charge in [-0.1, -0.05) is 0 Å². The molecule has 0 aliphatic heterocycles. The molecule has 1 aromatic carbocycles. The van der Waals surface area contributed by atoms with E-state index in [0.717, 1.165) is 26.4 Å². The second-order valence-electron chi connectivity index (χ2n) is 4.89. The second-order valence-corrected chi connectivity index (χ2v) is 6.66. The Balaban J connectivity index is 0.00000529. The van der Waals surface area contributed by atoms with Gasteiger partial charge >= 0.3 is 11.9 Å². The summed E-state index contributed by atoms with van der Waals surface area (Å²) in [4.78, 5) is 23.1. The third-order valence-electron chi connectivity index (χ3n) is 2.95. The first-order valence-corrected chi connectivity index (χ1v) is 8.26. The fourth-order valence-corrected chi connectivity index (χ4v) is 2.85. The normalized spacial score (nSPS) is 12.0. The molecule has 0 spiro atoms. The van der Waals surface area contributed by atoms with Gasteiger partial charge < -0.3 is 15.2 Å². The first kappa shape index (κ1) is 22.3. The van der Waals surface area contributed by atoms with Gasteiger partial charge in [0.25, 0.3) is 0 Å².